The van der Waals surface area contributed by atoms with Crippen molar-refractivity contribution >= 4 is 39.7 Å². The van der Waals surface area contributed by atoms with Crippen molar-refractivity contribution in [2.24, 2.45) is 5.73 Å². The summed E-state index contributed by atoms with van der Waals surface area (Å²) in [7, 11) is -4.59. The van der Waals surface area contributed by atoms with E-state index in [1.807, 2.05) is 0 Å². The minimum atomic E-state index is -4.59. The highest BCUT2D eigenvalue weighted by atomic mass is 32.2. The fraction of sp³-hybridized carbons (Fsp3) is 0.522. The zero-order chi connectivity index (χ0) is 28.7. The van der Waals surface area contributed by atoms with Crippen molar-refractivity contribution in [3.05, 3.63) is 29.8 Å². The number of aliphatic carboxylic acids is 1. The van der Waals surface area contributed by atoms with Crippen LogP contribution in [-0.4, -0.2) is 109 Å². The summed E-state index contributed by atoms with van der Waals surface area (Å²) in [5, 5.41) is 28.7. The molecule has 1 saturated carbocycles. The maximum Gasteiger partial charge on any atom is 0.337 e. The molecule has 2 amide bonds. The van der Waals surface area contributed by atoms with Crippen molar-refractivity contribution in [1.29, 1.82) is 5.41 Å². The predicted octanol–water partition coefficient (Wildman–Crippen LogP) is -1.40. The van der Waals surface area contributed by atoms with Gasteiger partial charge in [-0.3, -0.25) is 19.8 Å². The van der Waals surface area contributed by atoms with Crippen LogP contribution in [0.4, 0.5) is 0 Å². The number of morpholine rings is 1. The second-order valence-corrected chi connectivity index (χ2v) is 10.9. The van der Waals surface area contributed by atoms with E-state index in [4.69, 9.17) is 21.0 Å². The molecule has 1 aromatic rings. The molecule has 3 rings (SSSR count). The Hall–Kier alpha value is -3.76. The van der Waals surface area contributed by atoms with Gasteiger partial charge in [0.2, 0.25) is 21.8 Å². The zero-order valence-corrected chi connectivity index (χ0v) is 21.9. The van der Waals surface area contributed by atoms with Crippen LogP contribution in [0.5, 0.6) is 0 Å². The number of hydrogen-bond donors (Lipinski definition) is 6. The topological polar surface area (TPSA) is 233 Å². The zero-order valence-electron chi connectivity index (χ0n) is 21.0. The lowest BCUT2D eigenvalue weighted by molar-refractivity contribution is -0.140. The normalized spacial score (nSPS) is 18.2. The average Bonchev–Trinajstić information content (AvgIpc) is 3.72. The number of rotatable bonds is 13. The molecule has 2 unspecified atom stereocenters. The molecule has 1 aromatic carbocycles. The minimum absolute atomic E-state index is 0.00345. The first-order valence-electron chi connectivity index (χ1n) is 12.2. The molecule has 1 aliphatic carbocycles. The maximum absolute atomic E-state index is 13.5. The number of sulfonamides is 1. The van der Waals surface area contributed by atoms with Gasteiger partial charge in [-0.25, -0.2) is 13.2 Å². The van der Waals surface area contributed by atoms with E-state index in [0.717, 1.165) is 12.1 Å². The Kier molecular flexibility index (Phi) is 9.82. The Balaban J connectivity index is 1.79. The molecule has 1 heterocycles. The number of carboxylic acid groups (broad SMARTS) is 2. The minimum Gasteiger partial charge on any atom is -0.481 e. The first-order chi connectivity index (χ1) is 18.4. The maximum atomic E-state index is 13.5. The van der Waals surface area contributed by atoms with Crippen molar-refractivity contribution in [1.82, 2.24) is 19.8 Å². The molecule has 0 aromatic heterocycles. The van der Waals surface area contributed by atoms with Gasteiger partial charge in [-0.05, 0) is 25.0 Å². The van der Waals surface area contributed by atoms with Gasteiger partial charge in [0.25, 0.3) is 0 Å². The standard InChI is InChI=1S/C23H32N6O9S/c24-23(25)28-9-10-38-15(13-28)12-26-19(30)11-17(21(33)29(14-5-6-14)8-7-20(31)32)27-39(36,37)18-4-2-1-3-16(18)22(34)35/h1-4,14-15,17,27H,5-13H2,(H3,24,25)(H,26,30)(H,31,32)(H,34,35). The summed E-state index contributed by atoms with van der Waals surface area (Å²) < 4.78 is 34.1. The number of nitrogens with two attached hydrogens (primary N) is 1. The van der Waals surface area contributed by atoms with Gasteiger partial charge in [-0.1, -0.05) is 12.1 Å². The molecule has 15 nitrogen and oxygen atoms in total. The highest BCUT2D eigenvalue weighted by Crippen LogP contribution is 2.28. The molecular weight excluding hydrogens is 536 g/mol. The van der Waals surface area contributed by atoms with Gasteiger partial charge in [0.05, 0.1) is 36.0 Å². The lowest BCUT2D eigenvalue weighted by Crippen LogP contribution is -2.53. The highest BCUT2D eigenvalue weighted by molar-refractivity contribution is 7.89. The average molecular weight is 569 g/mol. The summed E-state index contributed by atoms with van der Waals surface area (Å²) in [5.74, 6) is -4.27. The molecule has 214 valence electrons. The molecule has 0 radical (unpaired) electrons. The third kappa shape index (κ3) is 8.36. The number of carbonyl (C=O) groups is 4. The van der Waals surface area contributed by atoms with Crippen LogP contribution in [0.3, 0.4) is 0 Å². The predicted molar refractivity (Wildman–Crippen MR) is 135 cm³/mol. The lowest BCUT2D eigenvalue weighted by Gasteiger charge is -2.33. The number of nitrogens with one attached hydrogen (secondary N) is 3. The molecule has 1 aliphatic heterocycles. The molecule has 39 heavy (non-hydrogen) atoms. The van der Waals surface area contributed by atoms with Gasteiger partial charge in [0.15, 0.2) is 5.96 Å². The van der Waals surface area contributed by atoms with Crippen molar-refractivity contribution in [3.63, 3.8) is 0 Å². The number of carbonyl (C=O) groups excluding carboxylic acids is 2. The number of amides is 2. The summed E-state index contributed by atoms with van der Waals surface area (Å²) in [6, 6.07) is 2.91. The van der Waals surface area contributed by atoms with Crippen LogP contribution in [0, 0.1) is 5.41 Å². The number of ether oxygens (including phenoxy) is 1. The Labute approximate surface area is 224 Å². The largest absolute Gasteiger partial charge is 0.481 e. The monoisotopic (exact) mass is 568 g/mol. The van der Waals surface area contributed by atoms with Crippen LogP contribution in [0.1, 0.15) is 36.0 Å². The van der Waals surface area contributed by atoms with Gasteiger partial charge in [0.1, 0.15) is 6.04 Å². The Bertz CT molecular complexity index is 1220. The third-order valence-electron chi connectivity index (χ3n) is 6.24. The van der Waals surface area contributed by atoms with E-state index in [1.165, 1.54) is 17.0 Å². The van der Waals surface area contributed by atoms with E-state index in [9.17, 15) is 32.7 Å². The van der Waals surface area contributed by atoms with Gasteiger partial charge < -0.3 is 35.8 Å². The molecule has 16 heteroatoms. The van der Waals surface area contributed by atoms with Gasteiger partial charge in [-0.2, -0.15) is 4.72 Å². The van der Waals surface area contributed by atoms with Crippen molar-refractivity contribution in [2.45, 2.75) is 48.8 Å². The fourth-order valence-electron chi connectivity index (χ4n) is 4.13. The van der Waals surface area contributed by atoms with E-state index < -0.39 is 62.8 Å². The summed E-state index contributed by atoms with van der Waals surface area (Å²) in [5.41, 5.74) is 4.99. The van der Waals surface area contributed by atoms with E-state index in [2.05, 4.69) is 10.0 Å². The van der Waals surface area contributed by atoms with Gasteiger partial charge >= 0.3 is 11.9 Å². The molecule has 1 saturated heterocycles. The second-order valence-electron chi connectivity index (χ2n) is 9.21. The third-order valence-corrected chi connectivity index (χ3v) is 7.77. The molecular formula is C23H32N6O9S. The molecule has 0 spiro atoms. The molecule has 2 fully saturated rings. The van der Waals surface area contributed by atoms with Gasteiger partial charge in [0, 0.05) is 32.2 Å². The van der Waals surface area contributed by atoms with Crippen molar-refractivity contribution in [2.75, 3.05) is 32.8 Å². The quantitative estimate of drug-likeness (QED) is 0.120. The first-order valence-corrected chi connectivity index (χ1v) is 13.7. The Morgan fingerprint density at radius 3 is 2.51 bits per heavy atom. The second kappa shape index (κ2) is 12.9. The van der Waals surface area contributed by atoms with E-state index in [-0.39, 0.29) is 44.7 Å². The highest BCUT2D eigenvalue weighted by Gasteiger charge is 2.39. The van der Waals surface area contributed by atoms with E-state index in [0.29, 0.717) is 19.4 Å². The van der Waals surface area contributed by atoms with Crippen LogP contribution in [0.25, 0.3) is 0 Å². The number of benzene rings is 1. The molecule has 2 atom stereocenters. The van der Waals surface area contributed by atoms with Crippen molar-refractivity contribution < 1.29 is 42.5 Å². The van der Waals surface area contributed by atoms with Crippen molar-refractivity contribution in [3.8, 4) is 0 Å². The number of nitrogens with zero attached hydrogens (tertiary/aromatic N) is 2. The number of hydrogen-bond acceptors (Lipinski definition) is 8. The molecule has 2 aliphatic rings. The number of aromatic carboxylic acids is 1. The van der Waals surface area contributed by atoms with E-state index >= 15 is 0 Å². The van der Waals surface area contributed by atoms with Crippen LogP contribution in [-0.2, 0) is 29.1 Å². The fourth-order valence-corrected chi connectivity index (χ4v) is 5.52. The number of carboxylic acids is 2. The molecule has 0 bridgehead atoms. The van der Waals surface area contributed by atoms with Crippen LogP contribution < -0.4 is 15.8 Å². The Morgan fingerprint density at radius 1 is 1.21 bits per heavy atom. The summed E-state index contributed by atoms with van der Waals surface area (Å²) in [4.78, 5) is 51.3. The molecule has 7 N–H and O–H groups in total. The summed E-state index contributed by atoms with van der Waals surface area (Å²) in [6.07, 6.45) is -0.304. The van der Waals surface area contributed by atoms with Crippen LogP contribution >= 0.6 is 0 Å². The first kappa shape index (κ1) is 29.8. The lowest BCUT2D eigenvalue weighted by atomic mass is 10.1. The van der Waals surface area contributed by atoms with Crippen LogP contribution in [0.15, 0.2) is 29.2 Å². The summed E-state index contributed by atoms with van der Waals surface area (Å²) >= 11 is 0. The Morgan fingerprint density at radius 2 is 1.90 bits per heavy atom. The SMILES string of the molecule is N=C(N)N1CCOC(CNC(=O)CC(NS(=O)(=O)c2ccccc2C(=O)O)C(=O)N(CCC(=O)O)C2CC2)C1. The van der Waals surface area contributed by atoms with Crippen LogP contribution in [0.2, 0.25) is 0 Å². The van der Waals surface area contributed by atoms with Gasteiger partial charge in [-0.15, -0.1) is 0 Å². The summed E-state index contributed by atoms with van der Waals surface area (Å²) in [6.45, 7) is 0.777. The smallest absolute Gasteiger partial charge is 0.337 e. The number of guanidine groups is 1. The van der Waals surface area contributed by atoms with E-state index in [1.54, 1.807) is 4.90 Å².